The van der Waals surface area contributed by atoms with Gasteiger partial charge in [-0.15, -0.1) is 0 Å². The lowest BCUT2D eigenvalue weighted by atomic mass is 10.00. The zero-order valence-corrected chi connectivity index (χ0v) is 10.8. The zero-order chi connectivity index (χ0) is 12.8. The van der Waals surface area contributed by atoms with Crippen LogP contribution in [0.5, 0.6) is 0 Å². The van der Waals surface area contributed by atoms with Crippen LogP contribution in [-0.2, 0) is 9.59 Å². The third kappa shape index (κ3) is 6.68. The molecule has 0 aromatic carbocycles. The molecule has 0 aliphatic rings. The molecular weight excluding hydrogens is 228 g/mol. The Balaban J connectivity index is 4.15. The first-order chi connectivity index (χ1) is 7.28. The standard InChI is InChI=1S/C10H20N2O3S/c1-10(2,6-8(13)14)12-9(15)7(11)4-5-16-3/h7H,4-6,11H2,1-3H3,(H,12,15)(H,13,14)/t7-/m0/s1. The predicted octanol–water partition coefficient (Wildman–Crippen LogP) is 0.436. The van der Waals surface area contributed by atoms with Crippen molar-refractivity contribution < 1.29 is 14.7 Å². The second kappa shape index (κ2) is 6.75. The molecule has 1 amide bonds. The van der Waals surface area contributed by atoms with Gasteiger partial charge < -0.3 is 16.2 Å². The zero-order valence-electron chi connectivity index (χ0n) is 9.95. The fraction of sp³-hybridized carbons (Fsp3) is 0.800. The highest BCUT2D eigenvalue weighted by molar-refractivity contribution is 7.98. The topological polar surface area (TPSA) is 92.4 Å². The number of nitrogens with one attached hydrogen (secondary N) is 1. The third-order valence-electron chi connectivity index (χ3n) is 2.02. The molecule has 0 aromatic rings. The molecule has 0 fully saturated rings. The van der Waals surface area contributed by atoms with E-state index in [1.165, 1.54) is 0 Å². The van der Waals surface area contributed by atoms with Crippen LogP contribution in [0, 0.1) is 0 Å². The summed E-state index contributed by atoms with van der Waals surface area (Å²) in [6, 6.07) is -0.569. The maximum absolute atomic E-state index is 11.6. The summed E-state index contributed by atoms with van der Waals surface area (Å²) in [6.07, 6.45) is 2.42. The van der Waals surface area contributed by atoms with Gasteiger partial charge in [0.15, 0.2) is 0 Å². The second-order valence-electron chi connectivity index (χ2n) is 4.33. The second-order valence-corrected chi connectivity index (χ2v) is 5.32. The van der Waals surface area contributed by atoms with Crippen LogP contribution in [0.1, 0.15) is 26.7 Å². The smallest absolute Gasteiger partial charge is 0.305 e. The normalized spacial score (nSPS) is 13.2. The highest BCUT2D eigenvalue weighted by atomic mass is 32.2. The van der Waals surface area contributed by atoms with E-state index in [2.05, 4.69) is 5.32 Å². The Kier molecular flexibility index (Phi) is 6.43. The molecule has 16 heavy (non-hydrogen) atoms. The van der Waals surface area contributed by atoms with Crippen molar-refractivity contribution in [1.82, 2.24) is 5.32 Å². The number of aliphatic carboxylic acids is 1. The van der Waals surface area contributed by atoms with Crippen molar-refractivity contribution in [3.63, 3.8) is 0 Å². The van der Waals surface area contributed by atoms with Gasteiger partial charge in [-0.25, -0.2) is 0 Å². The molecule has 4 N–H and O–H groups in total. The van der Waals surface area contributed by atoms with Gasteiger partial charge in [0.1, 0.15) is 0 Å². The summed E-state index contributed by atoms with van der Waals surface area (Å²) < 4.78 is 0. The van der Waals surface area contributed by atoms with Crippen molar-refractivity contribution in [1.29, 1.82) is 0 Å². The van der Waals surface area contributed by atoms with E-state index >= 15 is 0 Å². The largest absolute Gasteiger partial charge is 0.481 e. The van der Waals surface area contributed by atoms with Gasteiger partial charge in [0.05, 0.1) is 12.5 Å². The Morgan fingerprint density at radius 1 is 1.50 bits per heavy atom. The van der Waals surface area contributed by atoms with Gasteiger partial charge >= 0.3 is 5.97 Å². The van der Waals surface area contributed by atoms with E-state index < -0.39 is 17.6 Å². The minimum atomic E-state index is -0.942. The molecule has 0 aliphatic heterocycles. The Morgan fingerprint density at radius 2 is 2.06 bits per heavy atom. The Morgan fingerprint density at radius 3 is 2.50 bits per heavy atom. The van der Waals surface area contributed by atoms with Crippen molar-refractivity contribution in [2.24, 2.45) is 5.73 Å². The molecule has 0 rings (SSSR count). The van der Waals surface area contributed by atoms with Crippen LogP contribution in [-0.4, -0.2) is 40.6 Å². The van der Waals surface area contributed by atoms with Gasteiger partial charge in [0.2, 0.25) is 5.91 Å². The molecule has 0 unspecified atom stereocenters. The first kappa shape index (κ1) is 15.2. The van der Waals surface area contributed by atoms with Gasteiger partial charge in [-0.05, 0) is 32.3 Å². The van der Waals surface area contributed by atoms with Gasteiger partial charge in [-0.1, -0.05) is 0 Å². The van der Waals surface area contributed by atoms with E-state index in [1.807, 2.05) is 6.26 Å². The molecular formula is C10H20N2O3S. The lowest BCUT2D eigenvalue weighted by molar-refractivity contribution is -0.138. The summed E-state index contributed by atoms with van der Waals surface area (Å²) in [4.78, 5) is 22.2. The lowest BCUT2D eigenvalue weighted by Crippen LogP contribution is -2.51. The van der Waals surface area contributed by atoms with E-state index in [1.54, 1.807) is 25.6 Å². The number of hydrogen-bond acceptors (Lipinski definition) is 4. The van der Waals surface area contributed by atoms with Crippen LogP contribution < -0.4 is 11.1 Å². The fourth-order valence-corrected chi connectivity index (χ4v) is 1.71. The van der Waals surface area contributed by atoms with E-state index in [-0.39, 0.29) is 12.3 Å². The summed E-state index contributed by atoms with van der Waals surface area (Å²) in [6.45, 7) is 3.33. The maximum Gasteiger partial charge on any atom is 0.305 e. The molecule has 0 heterocycles. The average molecular weight is 248 g/mol. The van der Waals surface area contributed by atoms with E-state index in [0.717, 1.165) is 5.75 Å². The van der Waals surface area contributed by atoms with Crippen molar-refractivity contribution in [2.45, 2.75) is 38.3 Å². The number of carbonyl (C=O) groups excluding carboxylic acids is 1. The van der Waals surface area contributed by atoms with Crippen LogP contribution in [0.15, 0.2) is 0 Å². The maximum atomic E-state index is 11.6. The van der Waals surface area contributed by atoms with Gasteiger partial charge in [-0.3, -0.25) is 9.59 Å². The molecule has 0 aliphatic carbocycles. The van der Waals surface area contributed by atoms with Crippen LogP contribution in [0.4, 0.5) is 0 Å². The van der Waals surface area contributed by atoms with Crippen LogP contribution in [0.2, 0.25) is 0 Å². The monoisotopic (exact) mass is 248 g/mol. The highest BCUT2D eigenvalue weighted by Crippen LogP contribution is 2.09. The summed E-state index contributed by atoms with van der Waals surface area (Å²) in [5.41, 5.74) is 4.90. The molecule has 1 atom stereocenters. The van der Waals surface area contributed by atoms with Crippen LogP contribution in [0.25, 0.3) is 0 Å². The number of amides is 1. The van der Waals surface area contributed by atoms with E-state index in [9.17, 15) is 9.59 Å². The number of hydrogen-bond donors (Lipinski definition) is 3. The molecule has 5 nitrogen and oxygen atoms in total. The first-order valence-corrected chi connectivity index (χ1v) is 6.46. The minimum absolute atomic E-state index is 0.117. The number of nitrogens with two attached hydrogens (primary N) is 1. The van der Waals surface area contributed by atoms with Crippen LogP contribution in [0.3, 0.4) is 0 Å². The summed E-state index contributed by atoms with van der Waals surface area (Å²) in [5, 5.41) is 11.3. The Labute approximate surface area is 100 Å². The number of carbonyl (C=O) groups is 2. The van der Waals surface area contributed by atoms with E-state index in [4.69, 9.17) is 10.8 Å². The molecule has 0 spiro atoms. The highest BCUT2D eigenvalue weighted by Gasteiger charge is 2.26. The number of carboxylic acid groups (broad SMARTS) is 1. The average Bonchev–Trinajstić information content (AvgIpc) is 2.10. The molecule has 0 saturated heterocycles. The Bertz CT molecular complexity index is 256. The van der Waals surface area contributed by atoms with Gasteiger partial charge in [0, 0.05) is 5.54 Å². The molecule has 94 valence electrons. The number of carboxylic acids is 1. The van der Waals surface area contributed by atoms with Gasteiger partial charge in [0.25, 0.3) is 0 Å². The summed E-state index contributed by atoms with van der Waals surface area (Å²) in [5.74, 6) is -0.420. The fourth-order valence-electron chi connectivity index (χ4n) is 1.22. The van der Waals surface area contributed by atoms with Gasteiger partial charge in [-0.2, -0.15) is 11.8 Å². The van der Waals surface area contributed by atoms with Crippen molar-refractivity contribution in [2.75, 3.05) is 12.0 Å². The predicted molar refractivity (Wildman–Crippen MR) is 65.4 cm³/mol. The third-order valence-corrected chi connectivity index (χ3v) is 2.67. The molecule has 6 heteroatoms. The molecule has 0 saturated carbocycles. The number of thioether (sulfide) groups is 1. The first-order valence-electron chi connectivity index (χ1n) is 5.07. The van der Waals surface area contributed by atoms with Crippen molar-refractivity contribution in [3.8, 4) is 0 Å². The molecule has 0 radical (unpaired) electrons. The van der Waals surface area contributed by atoms with Crippen molar-refractivity contribution in [3.05, 3.63) is 0 Å². The summed E-state index contributed by atoms with van der Waals surface area (Å²) >= 11 is 1.62. The summed E-state index contributed by atoms with van der Waals surface area (Å²) in [7, 11) is 0. The Hall–Kier alpha value is -0.750. The minimum Gasteiger partial charge on any atom is -0.481 e. The van der Waals surface area contributed by atoms with Crippen molar-refractivity contribution >= 4 is 23.6 Å². The number of rotatable bonds is 7. The SMILES string of the molecule is CSCC[C@H](N)C(=O)NC(C)(C)CC(=O)O. The van der Waals surface area contributed by atoms with Crippen LogP contribution >= 0.6 is 11.8 Å². The lowest BCUT2D eigenvalue weighted by Gasteiger charge is -2.26. The quantitative estimate of drug-likeness (QED) is 0.608. The molecule has 0 bridgehead atoms. The molecule has 0 aromatic heterocycles. The van der Waals surface area contributed by atoms with E-state index in [0.29, 0.717) is 6.42 Å².